The lowest BCUT2D eigenvalue weighted by Gasteiger charge is -2.04. The van der Waals surface area contributed by atoms with Crippen LogP contribution in [-0.4, -0.2) is 37.5 Å². The van der Waals surface area contributed by atoms with E-state index >= 15 is 0 Å². The maximum atomic E-state index is 12.3. The zero-order chi connectivity index (χ0) is 20.5. The number of benzene rings is 1. The van der Waals surface area contributed by atoms with E-state index in [0.717, 1.165) is 22.2 Å². The molecule has 1 aromatic carbocycles. The number of ether oxygens (including phenoxy) is 1. The number of pyridine rings is 1. The Balaban J connectivity index is 1.45. The predicted molar refractivity (Wildman–Crippen MR) is 112 cm³/mol. The number of fused-ring (bicyclic) bond motifs is 1. The third-order valence-electron chi connectivity index (χ3n) is 4.20. The minimum atomic E-state index is -0.358. The van der Waals surface area contributed by atoms with Crippen molar-refractivity contribution in [2.24, 2.45) is 7.05 Å². The molecule has 3 aromatic heterocycles. The number of amides is 1. The highest BCUT2D eigenvalue weighted by molar-refractivity contribution is 7.18. The van der Waals surface area contributed by atoms with Crippen molar-refractivity contribution in [1.29, 1.82) is 0 Å². The molecule has 0 aliphatic heterocycles. The molecule has 1 amide bonds. The van der Waals surface area contributed by atoms with E-state index in [1.807, 2.05) is 38.1 Å². The number of carbonyl (C=O) groups is 1. The maximum absolute atomic E-state index is 12.3. The second-order valence-electron chi connectivity index (χ2n) is 6.44. The first-order valence-corrected chi connectivity index (χ1v) is 9.94. The summed E-state index contributed by atoms with van der Waals surface area (Å²) in [5.74, 6) is 0.0139. The number of hydrogen-bond donors (Lipinski definition) is 1. The Kier molecular flexibility index (Phi) is 5.16. The first-order chi connectivity index (χ1) is 13.9. The third-order valence-corrected chi connectivity index (χ3v) is 5.40. The fraction of sp³-hybridized carbons (Fsp3) is 0.211. The molecule has 0 saturated carbocycles. The smallest absolute Gasteiger partial charge is 0.264 e. The molecule has 0 saturated heterocycles. The lowest BCUT2D eigenvalue weighted by molar-refractivity contribution is -0.118. The van der Waals surface area contributed by atoms with Crippen LogP contribution in [0.1, 0.15) is 11.3 Å². The van der Waals surface area contributed by atoms with Crippen LogP contribution in [0, 0.1) is 13.8 Å². The van der Waals surface area contributed by atoms with Crippen molar-refractivity contribution in [2.75, 3.05) is 11.9 Å². The van der Waals surface area contributed by atoms with Crippen LogP contribution in [0.4, 0.5) is 5.13 Å². The first-order valence-electron chi connectivity index (χ1n) is 8.74. The monoisotopic (exact) mass is 428 g/mol. The molecule has 0 aliphatic rings. The molecule has 0 fully saturated rings. The number of rotatable bonds is 5. The van der Waals surface area contributed by atoms with Gasteiger partial charge < -0.3 is 4.74 Å². The van der Waals surface area contributed by atoms with Gasteiger partial charge in [0, 0.05) is 18.3 Å². The van der Waals surface area contributed by atoms with Crippen molar-refractivity contribution in [1.82, 2.24) is 25.0 Å². The summed E-state index contributed by atoms with van der Waals surface area (Å²) < 4.78 is 7.30. The maximum Gasteiger partial charge on any atom is 0.264 e. The fourth-order valence-electron chi connectivity index (χ4n) is 2.96. The molecule has 148 valence electrons. The number of carbonyl (C=O) groups excluding carboxylic acids is 1. The van der Waals surface area contributed by atoms with Crippen molar-refractivity contribution >= 4 is 45.0 Å². The molecule has 4 aromatic rings. The number of hydrogen-bond acceptors (Lipinski definition) is 7. The average Bonchev–Trinajstić information content (AvgIpc) is 3.25. The van der Waals surface area contributed by atoms with Crippen molar-refractivity contribution in [3.63, 3.8) is 0 Å². The molecule has 4 rings (SSSR count). The highest BCUT2D eigenvalue weighted by Gasteiger charge is 2.17. The average molecular weight is 429 g/mol. The number of halogens is 1. The minimum absolute atomic E-state index is 0.208. The second kappa shape index (κ2) is 7.76. The summed E-state index contributed by atoms with van der Waals surface area (Å²) >= 11 is 7.42. The van der Waals surface area contributed by atoms with Gasteiger partial charge in [-0.25, -0.2) is 9.67 Å². The number of nitrogens with one attached hydrogen (secondary N) is 1. The molecule has 0 aliphatic carbocycles. The van der Waals surface area contributed by atoms with Crippen molar-refractivity contribution in [2.45, 2.75) is 13.8 Å². The van der Waals surface area contributed by atoms with Crippen LogP contribution in [0.15, 0.2) is 30.3 Å². The molecular formula is C19H17ClN6O2S. The van der Waals surface area contributed by atoms with E-state index in [1.54, 1.807) is 17.8 Å². The largest absolute Gasteiger partial charge is 0.466 e. The summed E-state index contributed by atoms with van der Waals surface area (Å²) in [5.41, 5.74) is 3.37. The topological polar surface area (TPSA) is 94.8 Å². The SMILES string of the molecule is Cc1cc(C)c2c(OCC(=O)Nc3nnc(-c4ccccc4Cl)s3)nn(C)c2n1. The Labute approximate surface area is 175 Å². The molecule has 0 radical (unpaired) electrons. The van der Waals surface area contributed by atoms with Crippen molar-refractivity contribution in [3.8, 4) is 16.5 Å². The van der Waals surface area contributed by atoms with Crippen LogP contribution < -0.4 is 10.1 Å². The van der Waals surface area contributed by atoms with Crippen molar-refractivity contribution < 1.29 is 9.53 Å². The Hall–Kier alpha value is -3.04. The molecular weight excluding hydrogens is 412 g/mol. The van der Waals surface area contributed by atoms with Gasteiger partial charge in [-0.1, -0.05) is 41.1 Å². The Morgan fingerprint density at radius 2 is 2.07 bits per heavy atom. The van der Waals surface area contributed by atoms with Crippen LogP contribution in [0.25, 0.3) is 21.6 Å². The Morgan fingerprint density at radius 3 is 2.86 bits per heavy atom. The highest BCUT2D eigenvalue weighted by atomic mass is 35.5. The van der Waals surface area contributed by atoms with Gasteiger partial charge in [0.2, 0.25) is 11.0 Å². The van der Waals surface area contributed by atoms with E-state index in [4.69, 9.17) is 16.3 Å². The van der Waals surface area contributed by atoms with E-state index in [9.17, 15) is 4.79 Å². The minimum Gasteiger partial charge on any atom is -0.466 e. The summed E-state index contributed by atoms with van der Waals surface area (Å²) in [4.78, 5) is 16.8. The second-order valence-corrected chi connectivity index (χ2v) is 7.82. The van der Waals surface area contributed by atoms with E-state index in [0.29, 0.717) is 26.7 Å². The summed E-state index contributed by atoms with van der Waals surface area (Å²) in [5, 5.41) is 17.5. The van der Waals surface area contributed by atoms with Crippen LogP contribution in [0.2, 0.25) is 5.02 Å². The highest BCUT2D eigenvalue weighted by Crippen LogP contribution is 2.31. The number of aryl methyl sites for hydroxylation is 3. The molecule has 8 nitrogen and oxygen atoms in total. The molecule has 0 atom stereocenters. The van der Waals surface area contributed by atoms with Gasteiger partial charge in [0.05, 0.1) is 10.4 Å². The van der Waals surface area contributed by atoms with Gasteiger partial charge in [-0.2, -0.15) is 0 Å². The lowest BCUT2D eigenvalue weighted by atomic mass is 10.2. The van der Waals surface area contributed by atoms with Crippen LogP contribution in [0.3, 0.4) is 0 Å². The molecule has 3 heterocycles. The molecule has 0 spiro atoms. The van der Waals surface area contributed by atoms with Gasteiger partial charge in [-0.05, 0) is 31.5 Å². The first kappa shape index (κ1) is 19.3. The van der Waals surface area contributed by atoms with Gasteiger partial charge in [-0.3, -0.25) is 10.1 Å². The number of anilines is 1. The standard InChI is InChI=1S/C19H17ClN6O2S/c1-10-8-11(2)21-16-15(10)17(25-26(16)3)28-9-14(27)22-19-24-23-18(29-19)12-6-4-5-7-13(12)20/h4-8H,9H2,1-3H3,(H,22,24,27). The molecule has 1 N–H and O–H groups in total. The molecule has 10 heteroatoms. The zero-order valence-electron chi connectivity index (χ0n) is 15.9. The van der Waals surface area contributed by atoms with Gasteiger partial charge in [-0.15, -0.1) is 15.3 Å². The summed E-state index contributed by atoms with van der Waals surface area (Å²) in [6.07, 6.45) is 0. The van der Waals surface area contributed by atoms with E-state index < -0.39 is 0 Å². The van der Waals surface area contributed by atoms with Crippen LogP contribution in [-0.2, 0) is 11.8 Å². The van der Waals surface area contributed by atoms with E-state index in [-0.39, 0.29) is 12.5 Å². The van der Waals surface area contributed by atoms with Gasteiger partial charge in [0.1, 0.15) is 0 Å². The summed E-state index contributed by atoms with van der Waals surface area (Å²) in [7, 11) is 1.79. The van der Waals surface area contributed by atoms with Gasteiger partial charge >= 0.3 is 0 Å². The molecule has 29 heavy (non-hydrogen) atoms. The number of aromatic nitrogens is 5. The fourth-order valence-corrected chi connectivity index (χ4v) is 4.04. The van der Waals surface area contributed by atoms with Gasteiger partial charge in [0.25, 0.3) is 5.91 Å². The van der Waals surface area contributed by atoms with Crippen LogP contribution >= 0.6 is 22.9 Å². The third kappa shape index (κ3) is 3.92. The van der Waals surface area contributed by atoms with E-state index in [2.05, 4.69) is 25.6 Å². The normalized spacial score (nSPS) is 11.0. The van der Waals surface area contributed by atoms with Crippen molar-refractivity contribution in [3.05, 3.63) is 46.6 Å². The van der Waals surface area contributed by atoms with E-state index in [1.165, 1.54) is 11.3 Å². The van der Waals surface area contributed by atoms with Crippen LogP contribution in [0.5, 0.6) is 5.88 Å². The summed E-state index contributed by atoms with van der Waals surface area (Å²) in [6.45, 7) is 3.68. The quantitative estimate of drug-likeness (QED) is 0.519. The predicted octanol–water partition coefficient (Wildman–Crippen LogP) is 3.77. The Bertz CT molecular complexity index is 1220. The lowest BCUT2D eigenvalue weighted by Crippen LogP contribution is -2.20. The zero-order valence-corrected chi connectivity index (χ0v) is 17.5. The molecule has 0 unspecified atom stereocenters. The number of nitrogens with zero attached hydrogens (tertiary/aromatic N) is 5. The summed E-state index contributed by atoms with van der Waals surface area (Å²) in [6, 6.07) is 9.28. The van der Waals surface area contributed by atoms with Gasteiger partial charge in [0.15, 0.2) is 17.3 Å². The Morgan fingerprint density at radius 1 is 1.28 bits per heavy atom. The molecule has 0 bridgehead atoms.